The van der Waals surface area contributed by atoms with E-state index in [4.69, 9.17) is 23.2 Å². The summed E-state index contributed by atoms with van der Waals surface area (Å²) in [6.07, 6.45) is -1.38. The van der Waals surface area contributed by atoms with Gasteiger partial charge in [0.25, 0.3) is 5.24 Å². The molecule has 1 saturated heterocycles. The van der Waals surface area contributed by atoms with Crippen molar-refractivity contribution in [3.8, 4) is 0 Å². The summed E-state index contributed by atoms with van der Waals surface area (Å²) in [6.45, 7) is 0. The highest BCUT2D eigenvalue weighted by Crippen LogP contribution is 2.25. The van der Waals surface area contributed by atoms with Gasteiger partial charge in [-0.15, -0.1) is 0 Å². The quantitative estimate of drug-likeness (QED) is 0.491. The predicted octanol–water partition coefficient (Wildman–Crippen LogP) is 0.449. The Kier molecular flexibility index (Phi) is 2.69. The Labute approximate surface area is 77.8 Å². The molecule has 2 atom stereocenters. The molecule has 0 radical (unpaired) electrons. The van der Waals surface area contributed by atoms with Gasteiger partial charge in [-0.1, -0.05) is 0 Å². The van der Waals surface area contributed by atoms with Crippen molar-refractivity contribution in [2.24, 2.45) is 5.92 Å². The van der Waals surface area contributed by atoms with E-state index >= 15 is 0 Å². The number of cyclic esters (lactones) is 1. The van der Waals surface area contributed by atoms with Crippen molar-refractivity contribution < 1.29 is 19.1 Å². The minimum absolute atomic E-state index is 0.175. The molecule has 1 heterocycles. The number of hydrogen-bond acceptors (Lipinski definition) is 4. The standard InChI is InChI=1S/C6H4Cl2O4/c7-5(10)2-1-3(9)12-4(2)6(8)11/h2,4H,1H2. The summed E-state index contributed by atoms with van der Waals surface area (Å²) in [6, 6.07) is 0. The highest BCUT2D eigenvalue weighted by Gasteiger charge is 2.42. The molecule has 1 aliphatic rings. The van der Waals surface area contributed by atoms with Crippen molar-refractivity contribution >= 4 is 39.7 Å². The van der Waals surface area contributed by atoms with Crippen LogP contribution in [-0.4, -0.2) is 22.6 Å². The fraction of sp³-hybridized carbons (Fsp3) is 0.500. The lowest BCUT2D eigenvalue weighted by atomic mass is 10.0. The van der Waals surface area contributed by atoms with Crippen LogP contribution in [-0.2, 0) is 19.1 Å². The van der Waals surface area contributed by atoms with Crippen LogP contribution in [0.5, 0.6) is 0 Å². The first-order valence-electron chi connectivity index (χ1n) is 3.10. The van der Waals surface area contributed by atoms with E-state index < -0.39 is 28.5 Å². The smallest absolute Gasteiger partial charge is 0.307 e. The summed E-state index contributed by atoms with van der Waals surface area (Å²) in [5.41, 5.74) is 0. The first kappa shape index (κ1) is 9.48. The molecule has 66 valence electrons. The van der Waals surface area contributed by atoms with E-state index in [2.05, 4.69) is 4.74 Å². The summed E-state index contributed by atoms with van der Waals surface area (Å²) in [4.78, 5) is 31.8. The maximum Gasteiger partial charge on any atom is 0.307 e. The van der Waals surface area contributed by atoms with Gasteiger partial charge in [-0.25, -0.2) is 0 Å². The summed E-state index contributed by atoms with van der Waals surface area (Å²) < 4.78 is 4.47. The van der Waals surface area contributed by atoms with E-state index in [0.29, 0.717) is 0 Å². The third kappa shape index (κ3) is 1.76. The van der Waals surface area contributed by atoms with Crippen LogP contribution in [0, 0.1) is 5.92 Å². The predicted molar refractivity (Wildman–Crippen MR) is 39.7 cm³/mol. The normalized spacial score (nSPS) is 28.3. The average Bonchev–Trinajstić information content (AvgIpc) is 2.31. The lowest BCUT2D eigenvalue weighted by Crippen LogP contribution is -2.26. The summed E-state index contributed by atoms with van der Waals surface area (Å²) >= 11 is 10.2. The number of carbonyl (C=O) groups is 3. The van der Waals surface area contributed by atoms with Gasteiger partial charge < -0.3 is 4.74 Å². The molecule has 0 amide bonds. The summed E-state index contributed by atoms with van der Waals surface area (Å²) in [5, 5.41) is -1.65. The van der Waals surface area contributed by atoms with Crippen LogP contribution in [0.25, 0.3) is 0 Å². The topological polar surface area (TPSA) is 60.4 Å². The summed E-state index contributed by atoms with van der Waals surface area (Å²) in [5.74, 6) is -1.56. The Morgan fingerprint density at radius 3 is 2.25 bits per heavy atom. The van der Waals surface area contributed by atoms with E-state index in [0.717, 1.165) is 0 Å². The molecule has 0 aliphatic carbocycles. The van der Waals surface area contributed by atoms with Crippen LogP contribution in [0.3, 0.4) is 0 Å². The third-order valence-electron chi connectivity index (χ3n) is 1.53. The molecule has 2 unspecified atom stereocenters. The van der Waals surface area contributed by atoms with Crippen molar-refractivity contribution in [2.75, 3.05) is 0 Å². The molecule has 4 nitrogen and oxygen atoms in total. The Hall–Kier alpha value is -0.610. The van der Waals surface area contributed by atoms with Gasteiger partial charge in [-0.2, -0.15) is 0 Å². The molecule has 6 heteroatoms. The SMILES string of the molecule is O=C1CC(C(=O)Cl)C(C(=O)Cl)O1. The largest absolute Gasteiger partial charge is 0.452 e. The number of rotatable bonds is 2. The highest BCUT2D eigenvalue weighted by molar-refractivity contribution is 6.67. The maximum absolute atomic E-state index is 10.6. The molecule has 0 N–H and O–H groups in total. The van der Waals surface area contributed by atoms with Crippen molar-refractivity contribution in [1.82, 2.24) is 0 Å². The molecule has 0 spiro atoms. The van der Waals surface area contributed by atoms with Crippen molar-refractivity contribution in [1.29, 1.82) is 0 Å². The number of carbonyl (C=O) groups excluding carboxylic acids is 3. The maximum atomic E-state index is 10.6. The minimum Gasteiger partial charge on any atom is -0.452 e. The molecule has 1 aliphatic heterocycles. The number of halogens is 2. The molecular weight excluding hydrogens is 207 g/mol. The van der Waals surface area contributed by atoms with Crippen LogP contribution in [0.4, 0.5) is 0 Å². The molecule has 1 fully saturated rings. The number of esters is 1. The van der Waals surface area contributed by atoms with Gasteiger partial charge in [-0.3, -0.25) is 14.4 Å². The van der Waals surface area contributed by atoms with E-state index in [-0.39, 0.29) is 6.42 Å². The number of hydrogen-bond donors (Lipinski definition) is 0. The van der Waals surface area contributed by atoms with Gasteiger partial charge in [0.05, 0.1) is 12.3 Å². The molecule has 0 aromatic carbocycles. The molecule has 1 rings (SSSR count). The fourth-order valence-electron chi connectivity index (χ4n) is 0.962. The van der Waals surface area contributed by atoms with E-state index in [1.807, 2.05) is 0 Å². The van der Waals surface area contributed by atoms with Gasteiger partial charge in [0.2, 0.25) is 5.24 Å². The Bertz CT molecular complexity index is 226. The van der Waals surface area contributed by atoms with Crippen molar-refractivity contribution in [3.05, 3.63) is 0 Å². The first-order valence-corrected chi connectivity index (χ1v) is 3.86. The third-order valence-corrected chi connectivity index (χ3v) is 2.02. The van der Waals surface area contributed by atoms with Gasteiger partial charge in [0.15, 0.2) is 6.10 Å². The van der Waals surface area contributed by atoms with Crippen molar-refractivity contribution in [3.63, 3.8) is 0 Å². The van der Waals surface area contributed by atoms with Gasteiger partial charge in [0.1, 0.15) is 0 Å². The second kappa shape index (κ2) is 3.41. The zero-order valence-electron chi connectivity index (χ0n) is 5.75. The van der Waals surface area contributed by atoms with Crippen molar-refractivity contribution in [2.45, 2.75) is 12.5 Å². The number of ether oxygens (including phenoxy) is 1. The van der Waals surface area contributed by atoms with Crippen LogP contribution < -0.4 is 0 Å². The Morgan fingerprint density at radius 2 is 1.92 bits per heavy atom. The van der Waals surface area contributed by atoms with Gasteiger partial charge in [0, 0.05) is 0 Å². The molecule has 0 saturated carbocycles. The monoisotopic (exact) mass is 210 g/mol. The molecular formula is C6H4Cl2O4. The second-order valence-corrected chi connectivity index (χ2v) is 3.07. The van der Waals surface area contributed by atoms with Crippen LogP contribution in [0.2, 0.25) is 0 Å². The highest BCUT2D eigenvalue weighted by atomic mass is 35.5. The zero-order chi connectivity index (χ0) is 9.30. The molecule has 0 bridgehead atoms. The van der Waals surface area contributed by atoms with E-state index in [1.165, 1.54) is 0 Å². The fourth-order valence-corrected chi connectivity index (χ4v) is 1.35. The lowest BCUT2D eigenvalue weighted by Gasteiger charge is -2.07. The Balaban J connectivity index is 2.79. The molecule has 12 heavy (non-hydrogen) atoms. The minimum atomic E-state index is -1.20. The van der Waals surface area contributed by atoms with E-state index in [9.17, 15) is 14.4 Å². The first-order chi connectivity index (χ1) is 5.52. The molecule has 0 aromatic heterocycles. The lowest BCUT2D eigenvalue weighted by molar-refractivity contribution is -0.145. The van der Waals surface area contributed by atoms with Crippen LogP contribution in [0.1, 0.15) is 6.42 Å². The second-order valence-electron chi connectivity index (χ2n) is 2.33. The van der Waals surface area contributed by atoms with Gasteiger partial charge in [-0.05, 0) is 23.2 Å². The summed E-state index contributed by atoms with van der Waals surface area (Å²) in [7, 11) is 0. The van der Waals surface area contributed by atoms with E-state index in [1.54, 1.807) is 0 Å². The van der Waals surface area contributed by atoms with Crippen LogP contribution >= 0.6 is 23.2 Å². The van der Waals surface area contributed by atoms with Gasteiger partial charge >= 0.3 is 5.97 Å². The zero-order valence-corrected chi connectivity index (χ0v) is 7.26. The average molecular weight is 211 g/mol. The Morgan fingerprint density at radius 1 is 1.33 bits per heavy atom. The van der Waals surface area contributed by atoms with Crippen LogP contribution in [0.15, 0.2) is 0 Å². The molecule has 0 aromatic rings.